The second-order valence-electron chi connectivity index (χ2n) is 8.97. The van der Waals surface area contributed by atoms with Crippen LogP contribution in [0.5, 0.6) is 0 Å². The Balaban J connectivity index is 1.54. The molecule has 0 aromatic heterocycles. The highest BCUT2D eigenvalue weighted by molar-refractivity contribution is 5.96. The van der Waals surface area contributed by atoms with Gasteiger partial charge in [-0.25, -0.2) is 4.79 Å². The number of hydrogen-bond donors (Lipinski definition) is 2. The van der Waals surface area contributed by atoms with Gasteiger partial charge in [0, 0.05) is 24.7 Å². The SMILES string of the molecule is Cc1ccc(N2C[C@@H](NC(=O)N[C@H]3C[C@H](C)CC(C)(C)C3)CC2=O)cc1. The van der Waals surface area contributed by atoms with Crippen LogP contribution in [0.2, 0.25) is 0 Å². The Bertz CT molecular complexity index is 668. The molecule has 1 saturated heterocycles. The first-order chi connectivity index (χ1) is 12.2. The van der Waals surface area contributed by atoms with E-state index in [0.29, 0.717) is 18.9 Å². The van der Waals surface area contributed by atoms with E-state index >= 15 is 0 Å². The number of carbonyl (C=O) groups excluding carboxylic acids is 2. The lowest BCUT2D eigenvalue weighted by Crippen LogP contribution is -2.50. The lowest BCUT2D eigenvalue weighted by molar-refractivity contribution is -0.117. The molecule has 142 valence electrons. The number of anilines is 1. The van der Waals surface area contributed by atoms with Gasteiger partial charge in [-0.2, -0.15) is 0 Å². The molecule has 3 atom stereocenters. The van der Waals surface area contributed by atoms with Gasteiger partial charge in [0.2, 0.25) is 5.91 Å². The van der Waals surface area contributed by atoms with Gasteiger partial charge < -0.3 is 15.5 Å². The largest absolute Gasteiger partial charge is 0.335 e. The highest BCUT2D eigenvalue weighted by atomic mass is 16.2. The summed E-state index contributed by atoms with van der Waals surface area (Å²) in [5.74, 6) is 0.681. The zero-order valence-corrected chi connectivity index (χ0v) is 16.3. The summed E-state index contributed by atoms with van der Waals surface area (Å²) < 4.78 is 0. The minimum absolute atomic E-state index is 0.0616. The Morgan fingerprint density at radius 2 is 1.77 bits per heavy atom. The molecule has 2 fully saturated rings. The summed E-state index contributed by atoms with van der Waals surface area (Å²) in [5, 5.41) is 6.13. The monoisotopic (exact) mass is 357 g/mol. The van der Waals surface area contributed by atoms with Gasteiger partial charge in [-0.3, -0.25) is 4.79 Å². The second-order valence-corrected chi connectivity index (χ2v) is 8.97. The van der Waals surface area contributed by atoms with Crippen LogP contribution in [0.4, 0.5) is 10.5 Å². The summed E-state index contributed by atoms with van der Waals surface area (Å²) in [6.45, 7) is 9.34. The molecule has 1 saturated carbocycles. The average molecular weight is 357 g/mol. The predicted octanol–water partition coefficient (Wildman–Crippen LogP) is 3.61. The lowest BCUT2D eigenvalue weighted by atomic mass is 9.71. The van der Waals surface area contributed by atoms with Crippen molar-refractivity contribution in [3.8, 4) is 0 Å². The highest BCUT2D eigenvalue weighted by Crippen LogP contribution is 2.38. The first-order valence-electron chi connectivity index (χ1n) is 9.66. The summed E-state index contributed by atoms with van der Waals surface area (Å²) in [6, 6.07) is 7.84. The summed E-state index contributed by atoms with van der Waals surface area (Å²) in [4.78, 5) is 26.5. The van der Waals surface area contributed by atoms with Gasteiger partial charge in [-0.05, 0) is 49.7 Å². The molecule has 5 heteroatoms. The van der Waals surface area contributed by atoms with Gasteiger partial charge in [0.05, 0.1) is 6.04 Å². The highest BCUT2D eigenvalue weighted by Gasteiger charge is 2.34. The number of nitrogens with one attached hydrogen (secondary N) is 2. The van der Waals surface area contributed by atoms with Gasteiger partial charge in [0.15, 0.2) is 0 Å². The number of urea groups is 1. The minimum atomic E-state index is -0.150. The molecule has 1 aromatic rings. The normalized spacial score (nSPS) is 28.1. The number of aryl methyl sites for hydroxylation is 1. The molecule has 1 heterocycles. The van der Waals surface area contributed by atoms with Gasteiger partial charge >= 0.3 is 6.03 Å². The fourth-order valence-corrected chi connectivity index (χ4v) is 4.65. The van der Waals surface area contributed by atoms with E-state index in [0.717, 1.165) is 18.5 Å². The van der Waals surface area contributed by atoms with Crippen LogP contribution in [0.25, 0.3) is 0 Å². The van der Waals surface area contributed by atoms with Crippen LogP contribution in [0, 0.1) is 18.3 Å². The van der Waals surface area contributed by atoms with Crippen molar-refractivity contribution in [3.63, 3.8) is 0 Å². The van der Waals surface area contributed by atoms with Crippen LogP contribution in [0.15, 0.2) is 24.3 Å². The zero-order valence-electron chi connectivity index (χ0n) is 16.3. The molecular weight excluding hydrogens is 326 g/mol. The van der Waals surface area contributed by atoms with Crippen molar-refractivity contribution < 1.29 is 9.59 Å². The number of hydrogen-bond acceptors (Lipinski definition) is 2. The predicted molar refractivity (Wildman–Crippen MR) is 104 cm³/mol. The maximum atomic E-state index is 12.4. The van der Waals surface area contributed by atoms with Crippen LogP contribution in [-0.4, -0.2) is 30.6 Å². The van der Waals surface area contributed by atoms with Crippen molar-refractivity contribution in [2.75, 3.05) is 11.4 Å². The summed E-state index contributed by atoms with van der Waals surface area (Å²) in [5.41, 5.74) is 2.33. The summed E-state index contributed by atoms with van der Waals surface area (Å²) >= 11 is 0. The van der Waals surface area contributed by atoms with E-state index < -0.39 is 0 Å². The van der Waals surface area contributed by atoms with E-state index in [4.69, 9.17) is 0 Å². The van der Waals surface area contributed by atoms with Crippen molar-refractivity contribution in [1.29, 1.82) is 0 Å². The molecule has 0 bridgehead atoms. The Morgan fingerprint density at radius 3 is 2.42 bits per heavy atom. The number of carbonyl (C=O) groups is 2. The molecular formula is C21H31N3O2. The van der Waals surface area contributed by atoms with Crippen LogP contribution < -0.4 is 15.5 Å². The van der Waals surface area contributed by atoms with Crippen molar-refractivity contribution in [2.45, 2.75) is 65.5 Å². The summed E-state index contributed by atoms with van der Waals surface area (Å²) in [7, 11) is 0. The Hall–Kier alpha value is -2.04. The van der Waals surface area contributed by atoms with Crippen LogP contribution in [0.1, 0.15) is 52.0 Å². The average Bonchev–Trinajstić information content (AvgIpc) is 2.86. The van der Waals surface area contributed by atoms with Gasteiger partial charge in [0.1, 0.15) is 0 Å². The Labute approximate surface area is 156 Å². The van der Waals surface area contributed by atoms with Crippen molar-refractivity contribution in [2.24, 2.45) is 11.3 Å². The number of amides is 3. The third-order valence-corrected chi connectivity index (χ3v) is 5.53. The van der Waals surface area contributed by atoms with Crippen molar-refractivity contribution in [1.82, 2.24) is 10.6 Å². The summed E-state index contributed by atoms with van der Waals surface area (Å²) in [6.07, 6.45) is 3.59. The molecule has 26 heavy (non-hydrogen) atoms. The van der Waals surface area contributed by atoms with E-state index in [1.165, 1.54) is 12.0 Å². The van der Waals surface area contributed by atoms with E-state index in [1.807, 2.05) is 31.2 Å². The van der Waals surface area contributed by atoms with Crippen molar-refractivity contribution >= 4 is 17.6 Å². The van der Waals surface area contributed by atoms with Crippen LogP contribution >= 0.6 is 0 Å². The first-order valence-corrected chi connectivity index (χ1v) is 9.66. The number of nitrogens with zero attached hydrogens (tertiary/aromatic N) is 1. The molecule has 5 nitrogen and oxygen atoms in total. The van der Waals surface area contributed by atoms with Gasteiger partial charge in [-0.1, -0.05) is 38.5 Å². The fourth-order valence-electron chi connectivity index (χ4n) is 4.65. The Morgan fingerprint density at radius 1 is 1.12 bits per heavy atom. The molecule has 2 N–H and O–H groups in total. The smallest absolute Gasteiger partial charge is 0.315 e. The second kappa shape index (κ2) is 7.29. The molecule has 1 aromatic carbocycles. The van der Waals surface area contributed by atoms with Gasteiger partial charge in [-0.15, -0.1) is 0 Å². The fraction of sp³-hybridized carbons (Fsp3) is 0.619. The number of rotatable bonds is 3. The van der Waals surface area contributed by atoms with Crippen LogP contribution in [-0.2, 0) is 4.79 Å². The minimum Gasteiger partial charge on any atom is -0.335 e. The van der Waals surface area contributed by atoms with Crippen LogP contribution in [0.3, 0.4) is 0 Å². The first kappa shape index (κ1) is 18.7. The van der Waals surface area contributed by atoms with Gasteiger partial charge in [0.25, 0.3) is 0 Å². The Kier molecular flexibility index (Phi) is 5.26. The zero-order chi connectivity index (χ0) is 18.9. The van der Waals surface area contributed by atoms with E-state index in [1.54, 1.807) is 4.90 Å². The third-order valence-electron chi connectivity index (χ3n) is 5.53. The molecule has 1 aliphatic carbocycles. The number of benzene rings is 1. The molecule has 3 rings (SSSR count). The molecule has 2 aliphatic rings. The molecule has 0 spiro atoms. The molecule has 1 aliphatic heterocycles. The topological polar surface area (TPSA) is 61.4 Å². The van der Waals surface area contributed by atoms with E-state index in [2.05, 4.69) is 31.4 Å². The molecule has 0 unspecified atom stereocenters. The van der Waals surface area contributed by atoms with E-state index in [-0.39, 0.29) is 29.4 Å². The molecule has 3 amide bonds. The van der Waals surface area contributed by atoms with E-state index in [9.17, 15) is 9.59 Å². The maximum Gasteiger partial charge on any atom is 0.315 e. The lowest BCUT2D eigenvalue weighted by Gasteiger charge is -2.39. The molecule has 0 radical (unpaired) electrons. The maximum absolute atomic E-state index is 12.4. The van der Waals surface area contributed by atoms with Crippen molar-refractivity contribution in [3.05, 3.63) is 29.8 Å². The standard InChI is InChI=1S/C21H31N3O2/c1-14-5-7-18(8-6-14)24-13-17(10-19(24)25)23-20(26)22-16-9-15(2)11-21(3,4)12-16/h5-8,15-17H,9-13H2,1-4H3,(H2,22,23,26)/t15-,16-,17-/m0/s1. The third kappa shape index (κ3) is 4.57. The quantitative estimate of drug-likeness (QED) is 0.868.